The van der Waals surface area contributed by atoms with E-state index in [2.05, 4.69) is 0 Å². The summed E-state index contributed by atoms with van der Waals surface area (Å²) in [4.78, 5) is 0. The molecule has 100 valence electrons. The molecule has 0 aromatic heterocycles. The minimum absolute atomic E-state index is 0.134. The molecule has 1 N–H and O–H groups in total. The van der Waals surface area contributed by atoms with Crippen LogP contribution in [0.4, 0.5) is 4.39 Å². The zero-order chi connectivity index (χ0) is 13.1. The number of aliphatic hydroxyl groups excluding tert-OH is 1. The maximum absolute atomic E-state index is 13.5. The predicted molar refractivity (Wildman–Crippen MR) is 66.2 cm³/mol. The minimum atomic E-state index is -0.581. The van der Waals surface area contributed by atoms with Crippen LogP contribution in [0.25, 0.3) is 0 Å². The summed E-state index contributed by atoms with van der Waals surface area (Å²) in [6.07, 6.45) is 1.72. The standard InChI is InChI=1S/C14H19FO3/c1-9-3-5-14(18-9)12(16)8-10-4-6-13(17-2)11(15)7-10/h4,6-7,9,12,14,16H,3,5,8H2,1-2H3. The van der Waals surface area contributed by atoms with Crippen molar-refractivity contribution in [2.24, 2.45) is 0 Å². The van der Waals surface area contributed by atoms with Crippen molar-refractivity contribution in [3.05, 3.63) is 29.6 Å². The number of aliphatic hydroxyl groups is 1. The van der Waals surface area contributed by atoms with Crippen molar-refractivity contribution < 1.29 is 19.0 Å². The van der Waals surface area contributed by atoms with E-state index in [0.29, 0.717) is 6.42 Å². The van der Waals surface area contributed by atoms with Gasteiger partial charge in [0, 0.05) is 6.42 Å². The number of benzene rings is 1. The number of methoxy groups -OCH3 is 1. The van der Waals surface area contributed by atoms with E-state index in [0.717, 1.165) is 18.4 Å². The second-order valence-electron chi connectivity index (χ2n) is 4.80. The lowest BCUT2D eigenvalue weighted by Crippen LogP contribution is -2.28. The fourth-order valence-corrected chi connectivity index (χ4v) is 2.33. The molecule has 18 heavy (non-hydrogen) atoms. The molecule has 1 aromatic rings. The molecule has 0 spiro atoms. The van der Waals surface area contributed by atoms with Crippen LogP contribution in [0.3, 0.4) is 0 Å². The monoisotopic (exact) mass is 254 g/mol. The van der Waals surface area contributed by atoms with Crippen LogP contribution in [0.1, 0.15) is 25.3 Å². The van der Waals surface area contributed by atoms with Gasteiger partial charge in [-0.2, -0.15) is 0 Å². The van der Waals surface area contributed by atoms with E-state index in [1.807, 2.05) is 6.92 Å². The highest BCUT2D eigenvalue weighted by Gasteiger charge is 2.28. The first-order chi connectivity index (χ1) is 8.60. The number of halogens is 1. The Morgan fingerprint density at radius 1 is 1.50 bits per heavy atom. The van der Waals surface area contributed by atoms with E-state index in [-0.39, 0.29) is 18.0 Å². The van der Waals surface area contributed by atoms with Gasteiger partial charge in [-0.1, -0.05) is 6.07 Å². The summed E-state index contributed by atoms with van der Waals surface area (Å²) in [6.45, 7) is 2.00. The second-order valence-corrected chi connectivity index (χ2v) is 4.80. The van der Waals surface area contributed by atoms with Crippen molar-refractivity contribution in [2.45, 2.75) is 44.5 Å². The first-order valence-electron chi connectivity index (χ1n) is 6.26. The van der Waals surface area contributed by atoms with Gasteiger partial charge in [0.2, 0.25) is 0 Å². The second kappa shape index (κ2) is 5.67. The molecule has 3 atom stereocenters. The summed E-state index contributed by atoms with van der Waals surface area (Å²) in [5.74, 6) is -0.179. The molecule has 1 aliphatic rings. The van der Waals surface area contributed by atoms with Crippen molar-refractivity contribution in [3.63, 3.8) is 0 Å². The summed E-state index contributed by atoms with van der Waals surface area (Å²) >= 11 is 0. The number of rotatable bonds is 4. The van der Waals surface area contributed by atoms with Crippen LogP contribution in [0.15, 0.2) is 18.2 Å². The summed E-state index contributed by atoms with van der Waals surface area (Å²) in [5.41, 5.74) is 0.754. The Hall–Kier alpha value is -1.13. The third-order valence-electron chi connectivity index (χ3n) is 3.36. The van der Waals surface area contributed by atoms with E-state index < -0.39 is 11.9 Å². The molecule has 0 aliphatic carbocycles. The van der Waals surface area contributed by atoms with Gasteiger partial charge in [-0.15, -0.1) is 0 Å². The van der Waals surface area contributed by atoms with Crippen LogP contribution in [0, 0.1) is 5.82 Å². The third-order valence-corrected chi connectivity index (χ3v) is 3.36. The van der Waals surface area contributed by atoms with E-state index in [4.69, 9.17) is 9.47 Å². The maximum atomic E-state index is 13.5. The summed E-state index contributed by atoms with van der Waals surface area (Å²) in [5, 5.41) is 10.1. The molecule has 1 aromatic carbocycles. The normalized spacial score (nSPS) is 25.1. The Bertz CT molecular complexity index is 408. The third kappa shape index (κ3) is 3.00. The van der Waals surface area contributed by atoms with Gasteiger partial charge in [0.25, 0.3) is 0 Å². The highest BCUT2D eigenvalue weighted by Crippen LogP contribution is 2.24. The molecule has 1 heterocycles. The average Bonchev–Trinajstić information content (AvgIpc) is 2.76. The van der Waals surface area contributed by atoms with E-state index in [1.54, 1.807) is 12.1 Å². The minimum Gasteiger partial charge on any atom is -0.494 e. The molecule has 3 unspecified atom stereocenters. The Balaban J connectivity index is 1.98. The zero-order valence-corrected chi connectivity index (χ0v) is 10.7. The van der Waals surface area contributed by atoms with Crippen LogP contribution in [0.2, 0.25) is 0 Å². The average molecular weight is 254 g/mol. The van der Waals surface area contributed by atoms with Crippen LogP contribution in [-0.4, -0.2) is 30.5 Å². The molecule has 1 saturated heterocycles. The predicted octanol–water partition coefficient (Wildman–Crippen LogP) is 2.31. The van der Waals surface area contributed by atoms with Crippen molar-refractivity contribution >= 4 is 0 Å². The quantitative estimate of drug-likeness (QED) is 0.896. The number of hydrogen-bond acceptors (Lipinski definition) is 3. The SMILES string of the molecule is COc1ccc(CC(O)C2CCC(C)O2)cc1F. The molecule has 4 heteroatoms. The highest BCUT2D eigenvalue weighted by molar-refractivity contribution is 5.29. The first kappa shape index (κ1) is 13.3. The van der Waals surface area contributed by atoms with Gasteiger partial charge in [-0.25, -0.2) is 4.39 Å². The van der Waals surface area contributed by atoms with Gasteiger partial charge in [-0.3, -0.25) is 0 Å². The van der Waals surface area contributed by atoms with Crippen LogP contribution in [-0.2, 0) is 11.2 Å². The van der Waals surface area contributed by atoms with Crippen molar-refractivity contribution in [2.75, 3.05) is 7.11 Å². The number of ether oxygens (including phenoxy) is 2. The fraction of sp³-hybridized carbons (Fsp3) is 0.571. The van der Waals surface area contributed by atoms with Crippen LogP contribution < -0.4 is 4.74 Å². The van der Waals surface area contributed by atoms with Gasteiger partial charge in [0.15, 0.2) is 11.6 Å². The lowest BCUT2D eigenvalue weighted by molar-refractivity contribution is -0.0278. The molecule has 0 amide bonds. The molecular weight excluding hydrogens is 235 g/mol. The van der Waals surface area contributed by atoms with Gasteiger partial charge in [0.05, 0.1) is 25.4 Å². The molecule has 0 radical (unpaired) electrons. The van der Waals surface area contributed by atoms with Crippen molar-refractivity contribution in [3.8, 4) is 5.75 Å². The molecular formula is C14H19FO3. The maximum Gasteiger partial charge on any atom is 0.165 e. The molecule has 3 nitrogen and oxygen atoms in total. The van der Waals surface area contributed by atoms with E-state index in [9.17, 15) is 9.50 Å². The Kier molecular flexibility index (Phi) is 4.19. The van der Waals surface area contributed by atoms with Crippen LogP contribution in [0.5, 0.6) is 5.75 Å². The Morgan fingerprint density at radius 2 is 2.28 bits per heavy atom. The van der Waals surface area contributed by atoms with Crippen molar-refractivity contribution in [1.29, 1.82) is 0 Å². The van der Waals surface area contributed by atoms with Gasteiger partial charge >= 0.3 is 0 Å². The summed E-state index contributed by atoms with van der Waals surface area (Å²) < 4.78 is 24.0. The van der Waals surface area contributed by atoms with Crippen molar-refractivity contribution in [1.82, 2.24) is 0 Å². The summed E-state index contributed by atoms with van der Waals surface area (Å²) in [6, 6.07) is 4.75. The van der Waals surface area contributed by atoms with E-state index in [1.165, 1.54) is 13.2 Å². The lowest BCUT2D eigenvalue weighted by atomic mass is 10.0. The molecule has 0 bridgehead atoms. The van der Waals surface area contributed by atoms with Gasteiger partial charge in [-0.05, 0) is 37.5 Å². The molecule has 1 fully saturated rings. The Labute approximate surface area is 107 Å². The smallest absolute Gasteiger partial charge is 0.165 e. The Morgan fingerprint density at radius 3 is 2.83 bits per heavy atom. The largest absolute Gasteiger partial charge is 0.494 e. The van der Waals surface area contributed by atoms with Gasteiger partial charge in [0.1, 0.15) is 0 Å². The van der Waals surface area contributed by atoms with Gasteiger partial charge < -0.3 is 14.6 Å². The number of hydrogen-bond donors (Lipinski definition) is 1. The first-order valence-corrected chi connectivity index (χ1v) is 6.26. The van der Waals surface area contributed by atoms with E-state index >= 15 is 0 Å². The fourth-order valence-electron chi connectivity index (χ4n) is 2.33. The molecule has 0 saturated carbocycles. The lowest BCUT2D eigenvalue weighted by Gasteiger charge is -2.18. The molecule has 1 aliphatic heterocycles. The molecule has 2 rings (SSSR count). The van der Waals surface area contributed by atoms with Crippen LogP contribution >= 0.6 is 0 Å². The summed E-state index contributed by atoms with van der Waals surface area (Å²) in [7, 11) is 1.43. The topological polar surface area (TPSA) is 38.7 Å². The highest BCUT2D eigenvalue weighted by atomic mass is 19.1. The zero-order valence-electron chi connectivity index (χ0n) is 10.7.